The molecule has 32 heavy (non-hydrogen) atoms. The van der Waals surface area contributed by atoms with Crippen LogP contribution in [0.5, 0.6) is 0 Å². The number of aromatic amines is 1. The number of fused-ring (bicyclic) bond motifs is 1. The summed E-state index contributed by atoms with van der Waals surface area (Å²) >= 11 is 3.43. The van der Waals surface area contributed by atoms with E-state index in [2.05, 4.69) is 46.8 Å². The highest BCUT2D eigenvalue weighted by Gasteiger charge is 2.57. The van der Waals surface area contributed by atoms with E-state index in [0.717, 1.165) is 27.5 Å². The van der Waals surface area contributed by atoms with Gasteiger partial charge in [0.05, 0.1) is 23.5 Å². The van der Waals surface area contributed by atoms with Gasteiger partial charge in [-0.3, -0.25) is 5.10 Å². The summed E-state index contributed by atoms with van der Waals surface area (Å²) in [4.78, 5) is 15.2. The number of H-pyrrole nitrogens is 1. The number of anilines is 2. The van der Waals surface area contributed by atoms with Crippen molar-refractivity contribution in [3.63, 3.8) is 0 Å². The molecule has 172 valence electrons. The summed E-state index contributed by atoms with van der Waals surface area (Å²) in [6.07, 6.45) is 17.7. The van der Waals surface area contributed by atoms with Crippen molar-refractivity contribution in [2.24, 2.45) is 5.92 Å². The normalized spacial score (nSPS) is 22.4. The number of nitrogens with zero attached hydrogens (tertiary/aromatic N) is 4. The molecule has 0 unspecified atom stereocenters. The molecule has 4 fully saturated rings. The fourth-order valence-corrected chi connectivity index (χ4v) is 4.81. The van der Waals surface area contributed by atoms with Gasteiger partial charge in [-0.2, -0.15) is 10.2 Å². The lowest BCUT2D eigenvalue weighted by Crippen LogP contribution is -2.68. The van der Waals surface area contributed by atoms with Crippen molar-refractivity contribution in [3.05, 3.63) is 35.3 Å². The van der Waals surface area contributed by atoms with Crippen LogP contribution in [0.25, 0.3) is 5.52 Å². The Labute approximate surface area is 195 Å². The number of alkyl carbamates (subject to hydrolysis) is 1. The Hall–Kier alpha value is -2.62. The number of ether oxygens (including phenoxy) is 1. The van der Waals surface area contributed by atoms with E-state index in [0.29, 0.717) is 6.61 Å². The molecule has 10 heteroatoms. The fourth-order valence-electron chi connectivity index (χ4n) is 4.35. The maximum absolute atomic E-state index is 10.9. The minimum absolute atomic E-state index is 0.164. The van der Waals surface area contributed by atoms with E-state index < -0.39 is 0 Å². The Balaban J connectivity index is 0.000000132. The fraction of sp³-hybridized carbons (Fsp3) is 0.545. The molecule has 0 radical (unpaired) electrons. The topological polar surface area (TPSA) is 109 Å². The smallest absolute Gasteiger partial charge is 0.407 e. The third-order valence-electron chi connectivity index (χ3n) is 6.07. The predicted molar refractivity (Wildman–Crippen MR) is 126 cm³/mol. The van der Waals surface area contributed by atoms with Crippen molar-refractivity contribution in [2.75, 3.05) is 11.9 Å². The van der Waals surface area contributed by atoms with Gasteiger partial charge in [-0.25, -0.2) is 14.3 Å². The Morgan fingerprint density at radius 3 is 2.53 bits per heavy atom. The average molecular weight is 504 g/mol. The van der Waals surface area contributed by atoms with Gasteiger partial charge < -0.3 is 15.4 Å². The molecule has 4 aliphatic carbocycles. The molecule has 1 amide bonds. The number of nitrogens with one attached hydrogen (secondary N) is 3. The van der Waals surface area contributed by atoms with Crippen LogP contribution >= 0.6 is 15.9 Å². The van der Waals surface area contributed by atoms with Gasteiger partial charge in [0.25, 0.3) is 0 Å². The number of rotatable bonds is 4. The van der Waals surface area contributed by atoms with Crippen LogP contribution in [0.1, 0.15) is 58.3 Å². The Morgan fingerprint density at radius 1 is 1.25 bits per heavy atom. The Bertz CT molecular complexity index is 992. The van der Waals surface area contributed by atoms with Gasteiger partial charge in [0.2, 0.25) is 0 Å². The van der Waals surface area contributed by atoms with Gasteiger partial charge in [-0.15, -0.1) is 0 Å². The molecule has 3 N–H and O–H groups in total. The van der Waals surface area contributed by atoms with Gasteiger partial charge in [0, 0.05) is 24.0 Å². The van der Waals surface area contributed by atoms with E-state index in [1.807, 2.05) is 13.0 Å². The summed E-state index contributed by atoms with van der Waals surface area (Å²) < 4.78 is 7.43. The van der Waals surface area contributed by atoms with Crippen molar-refractivity contribution in [2.45, 2.75) is 63.8 Å². The van der Waals surface area contributed by atoms with Gasteiger partial charge in [0.1, 0.15) is 11.3 Å². The molecule has 4 saturated carbocycles. The molecule has 2 bridgehead atoms. The minimum Gasteiger partial charge on any atom is -0.450 e. The number of amides is 1. The first-order chi connectivity index (χ1) is 15.6. The molecule has 0 aromatic carbocycles. The Morgan fingerprint density at radius 2 is 1.97 bits per heavy atom. The molecule has 3 heterocycles. The summed E-state index contributed by atoms with van der Waals surface area (Å²) in [6, 6.07) is 1.83. The quantitative estimate of drug-likeness (QED) is 0.451. The minimum atomic E-state index is -0.245. The zero-order chi connectivity index (χ0) is 22.4. The second-order valence-electron chi connectivity index (χ2n) is 8.53. The molecular formula is C22H30BrN7O2. The molecular weight excluding hydrogens is 474 g/mol. The van der Waals surface area contributed by atoms with E-state index in [1.165, 1.54) is 51.4 Å². The van der Waals surface area contributed by atoms with Crippen LogP contribution in [0.4, 0.5) is 16.4 Å². The first-order valence-electron chi connectivity index (χ1n) is 11.3. The van der Waals surface area contributed by atoms with Crippen LogP contribution in [-0.2, 0) is 4.74 Å². The standard InChI is InChI=1S/C9H7BrN6.C8H13NO2.C5H10/c10-6-5-13-16-4-3-11-9(8(6)16)14-7-1-2-12-15-7;1-2-11-7(10)9-8-3-6(4-8)5-8;1-2-4-5-3-1/h1-5H,(H2,11,12,14,15);6H,2-5H2,1H3,(H,9,10);1-5H2. The molecule has 0 aliphatic heterocycles. The van der Waals surface area contributed by atoms with E-state index in [9.17, 15) is 4.79 Å². The SMILES string of the molecule is Brc1cnn2ccnc(Nc3ccn[nH]3)c12.C1CCCC1.CCOC(=O)NC12CC(C1)C2. The number of halogens is 1. The van der Waals surface area contributed by atoms with E-state index in [-0.39, 0.29) is 11.6 Å². The first-order valence-corrected chi connectivity index (χ1v) is 12.1. The van der Waals surface area contributed by atoms with E-state index >= 15 is 0 Å². The van der Waals surface area contributed by atoms with Crippen LogP contribution in [0.2, 0.25) is 0 Å². The van der Waals surface area contributed by atoms with Crippen molar-refractivity contribution >= 4 is 39.2 Å². The molecule has 7 rings (SSSR count). The first kappa shape index (κ1) is 22.6. The van der Waals surface area contributed by atoms with Crippen LogP contribution in [-0.4, -0.2) is 43.0 Å². The van der Waals surface area contributed by atoms with Crippen molar-refractivity contribution in [1.82, 2.24) is 30.1 Å². The molecule has 3 aromatic rings. The largest absolute Gasteiger partial charge is 0.450 e. The van der Waals surface area contributed by atoms with Gasteiger partial charge in [0.15, 0.2) is 5.82 Å². The van der Waals surface area contributed by atoms with Crippen molar-refractivity contribution < 1.29 is 9.53 Å². The van der Waals surface area contributed by atoms with Crippen LogP contribution in [0.15, 0.2) is 35.3 Å². The number of hydrogen-bond donors (Lipinski definition) is 3. The van der Waals surface area contributed by atoms with Crippen molar-refractivity contribution in [3.8, 4) is 0 Å². The summed E-state index contributed by atoms with van der Waals surface area (Å²) in [5, 5.41) is 16.9. The molecule has 0 atom stereocenters. The molecule has 4 aliphatic rings. The lowest BCUT2D eigenvalue weighted by molar-refractivity contribution is -0.0474. The molecule has 0 saturated heterocycles. The summed E-state index contributed by atoms with van der Waals surface area (Å²) in [6.45, 7) is 2.28. The Kier molecular flexibility index (Phi) is 7.29. The second kappa shape index (κ2) is 10.3. The highest BCUT2D eigenvalue weighted by molar-refractivity contribution is 9.10. The lowest BCUT2D eigenvalue weighted by Gasteiger charge is -2.61. The number of carbonyl (C=O) groups excluding carboxylic acids is 1. The molecule has 9 nitrogen and oxygen atoms in total. The predicted octanol–water partition coefficient (Wildman–Crippen LogP) is 5.19. The highest BCUT2D eigenvalue weighted by Crippen LogP contribution is 2.56. The highest BCUT2D eigenvalue weighted by atomic mass is 79.9. The van der Waals surface area contributed by atoms with Crippen LogP contribution < -0.4 is 10.6 Å². The zero-order valence-electron chi connectivity index (χ0n) is 18.3. The summed E-state index contributed by atoms with van der Waals surface area (Å²) in [5.74, 6) is 2.40. The van der Waals surface area contributed by atoms with Crippen LogP contribution in [0.3, 0.4) is 0 Å². The van der Waals surface area contributed by atoms with E-state index in [1.54, 1.807) is 29.3 Å². The zero-order valence-corrected chi connectivity index (χ0v) is 19.9. The van der Waals surface area contributed by atoms with E-state index in [4.69, 9.17) is 4.74 Å². The molecule has 3 aromatic heterocycles. The third kappa shape index (κ3) is 5.40. The van der Waals surface area contributed by atoms with Gasteiger partial charge in [-0.05, 0) is 48.0 Å². The maximum atomic E-state index is 10.9. The maximum Gasteiger partial charge on any atom is 0.407 e. The monoisotopic (exact) mass is 503 g/mol. The number of aromatic nitrogens is 5. The second-order valence-corrected chi connectivity index (χ2v) is 9.38. The lowest BCUT2D eigenvalue weighted by atomic mass is 9.50. The summed E-state index contributed by atoms with van der Waals surface area (Å²) in [7, 11) is 0. The summed E-state index contributed by atoms with van der Waals surface area (Å²) in [5.41, 5.74) is 1.05. The molecule has 0 spiro atoms. The van der Waals surface area contributed by atoms with Gasteiger partial charge in [-0.1, -0.05) is 32.1 Å². The third-order valence-corrected chi connectivity index (χ3v) is 6.65. The number of hydrogen-bond acceptors (Lipinski definition) is 6. The average Bonchev–Trinajstić information content (AvgIpc) is 3.50. The number of carbonyl (C=O) groups is 1. The van der Waals surface area contributed by atoms with Crippen LogP contribution in [0, 0.1) is 5.92 Å². The van der Waals surface area contributed by atoms with Crippen molar-refractivity contribution in [1.29, 1.82) is 0 Å². The van der Waals surface area contributed by atoms with Gasteiger partial charge >= 0.3 is 6.09 Å².